The molecule has 2 saturated heterocycles. The largest absolute Gasteiger partial charge is 0.329 e. The fourth-order valence-electron chi connectivity index (χ4n) is 6.39. The van der Waals surface area contributed by atoms with Crippen LogP contribution < -0.4 is 0 Å². The van der Waals surface area contributed by atoms with Gasteiger partial charge in [-0.25, -0.2) is 4.98 Å². The zero-order chi connectivity index (χ0) is 20.5. The number of hydrogen-bond donors (Lipinski definition) is 0. The zero-order valence-electron chi connectivity index (χ0n) is 19.1. The molecule has 0 N–H and O–H groups in total. The van der Waals surface area contributed by atoms with E-state index in [0.29, 0.717) is 6.04 Å². The normalized spacial score (nSPS) is 27.4. The van der Waals surface area contributed by atoms with Gasteiger partial charge in [0.25, 0.3) is 0 Å². The van der Waals surface area contributed by atoms with Crippen LogP contribution >= 0.6 is 0 Å². The van der Waals surface area contributed by atoms with Crippen molar-refractivity contribution in [3.63, 3.8) is 0 Å². The molecule has 0 atom stereocenters. The zero-order valence-corrected chi connectivity index (χ0v) is 19.1. The minimum Gasteiger partial charge on any atom is -0.329 e. The molecule has 0 spiro atoms. The number of rotatable bonds is 5. The van der Waals surface area contributed by atoms with E-state index in [1.54, 1.807) is 0 Å². The van der Waals surface area contributed by atoms with E-state index in [0.717, 1.165) is 24.4 Å². The molecule has 0 bridgehead atoms. The summed E-state index contributed by atoms with van der Waals surface area (Å²) in [5, 5.41) is 1.37. The van der Waals surface area contributed by atoms with Gasteiger partial charge in [0, 0.05) is 49.5 Å². The maximum absolute atomic E-state index is 4.82. The molecular formula is C26H40N4. The van der Waals surface area contributed by atoms with Crippen LogP contribution in [0.3, 0.4) is 0 Å². The van der Waals surface area contributed by atoms with Gasteiger partial charge in [-0.15, -0.1) is 0 Å². The van der Waals surface area contributed by atoms with Crippen LogP contribution in [0, 0.1) is 11.8 Å². The van der Waals surface area contributed by atoms with Gasteiger partial charge in [-0.05, 0) is 94.0 Å². The molecule has 2 aromatic rings. The third kappa shape index (κ3) is 4.18. The van der Waals surface area contributed by atoms with Crippen molar-refractivity contribution < 1.29 is 0 Å². The van der Waals surface area contributed by atoms with Gasteiger partial charge in [0.2, 0.25) is 0 Å². The molecule has 0 aromatic carbocycles. The first-order valence-corrected chi connectivity index (χ1v) is 12.6. The van der Waals surface area contributed by atoms with Crippen LogP contribution in [0.2, 0.25) is 0 Å². The average Bonchev–Trinajstić information content (AvgIpc) is 3.44. The second kappa shape index (κ2) is 9.00. The summed E-state index contributed by atoms with van der Waals surface area (Å²) in [5.41, 5.74) is 2.67. The Bertz CT molecular complexity index is 819. The summed E-state index contributed by atoms with van der Waals surface area (Å²) in [6.07, 6.45) is 15.3. The van der Waals surface area contributed by atoms with E-state index in [1.807, 2.05) is 6.20 Å². The Morgan fingerprint density at radius 3 is 2.33 bits per heavy atom. The third-order valence-electron chi connectivity index (χ3n) is 8.39. The highest BCUT2D eigenvalue weighted by atomic mass is 15.2. The second-order valence-electron chi connectivity index (χ2n) is 10.5. The Morgan fingerprint density at radius 2 is 1.63 bits per heavy atom. The lowest BCUT2D eigenvalue weighted by Crippen LogP contribution is -2.43. The Labute approximate surface area is 182 Å². The molecule has 0 unspecified atom stereocenters. The van der Waals surface area contributed by atoms with Gasteiger partial charge >= 0.3 is 0 Å². The molecule has 3 fully saturated rings. The predicted octanol–water partition coefficient (Wildman–Crippen LogP) is 5.48. The van der Waals surface area contributed by atoms with E-state index in [1.165, 1.54) is 94.1 Å². The molecule has 2 aliphatic heterocycles. The quantitative estimate of drug-likeness (QED) is 0.654. The van der Waals surface area contributed by atoms with E-state index in [-0.39, 0.29) is 0 Å². The Morgan fingerprint density at radius 1 is 0.900 bits per heavy atom. The van der Waals surface area contributed by atoms with Gasteiger partial charge in [0.15, 0.2) is 0 Å². The summed E-state index contributed by atoms with van der Waals surface area (Å²) in [6, 6.07) is 6.02. The van der Waals surface area contributed by atoms with E-state index < -0.39 is 0 Å². The summed E-state index contributed by atoms with van der Waals surface area (Å²) in [5.74, 6) is 1.83. The molecule has 4 heteroatoms. The number of hydrogen-bond acceptors (Lipinski definition) is 3. The summed E-state index contributed by atoms with van der Waals surface area (Å²) < 4.78 is 2.50. The van der Waals surface area contributed by atoms with E-state index in [9.17, 15) is 0 Å². The lowest BCUT2D eigenvalue weighted by Gasteiger charge is -2.41. The Hall–Kier alpha value is -1.39. The number of likely N-dealkylation sites (tertiary alicyclic amines) is 2. The standard InChI is InChI=1S/C26H40N4/c1-20(2)21-5-7-23(8-6-21)29-16-10-24(11-17-29)30-18-12-25-22(9-13-27-26(25)30)19-28-14-3-4-15-28/h9,12-13,18,20-21,23-24H,3-8,10-11,14-17,19H2,1-2H3. The van der Waals surface area contributed by atoms with Crippen molar-refractivity contribution in [1.29, 1.82) is 0 Å². The Balaban J connectivity index is 1.22. The topological polar surface area (TPSA) is 24.3 Å². The SMILES string of the molecule is CC(C)C1CCC(N2CCC(n3ccc4c(CN5CCCC5)ccnc43)CC2)CC1. The molecule has 0 radical (unpaired) electrons. The summed E-state index contributed by atoms with van der Waals surface area (Å²) in [7, 11) is 0. The van der Waals surface area contributed by atoms with Crippen LogP contribution in [0.5, 0.6) is 0 Å². The molecule has 164 valence electrons. The lowest BCUT2D eigenvalue weighted by atomic mass is 9.79. The summed E-state index contributed by atoms with van der Waals surface area (Å²) >= 11 is 0. The lowest BCUT2D eigenvalue weighted by molar-refractivity contribution is 0.0893. The summed E-state index contributed by atoms with van der Waals surface area (Å²) in [6.45, 7) is 10.9. The number of fused-ring (bicyclic) bond motifs is 1. The van der Waals surface area contributed by atoms with Crippen molar-refractivity contribution in [3.8, 4) is 0 Å². The first kappa shape index (κ1) is 20.5. The van der Waals surface area contributed by atoms with Crippen molar-refractivity contribution in [1.82, 2.24) is 19.4 Å². The molecule has 1 aliphatic carbocycles. The minimum atomic E-state index is 0.611. The van der Waals surface area contributed by atoms with E-state index in [2.05, 4.69) is 46.5 Å². The van der Waals surface area contributed by atoms with Gasteiger partial charge in [0.1, 0.15) is 5.65 Å². The molecule has 3 aliphatic rings. The van der Waals surface area contributed by atoms with Gasteiger partial charge in [-0.1, -0.05) is 13.8 Å². The fourth-order valence-corrected chi connectivity index (χ4v) is 6.39. The van der Waals surface area contributed by atoms with Crippen LogP contribution in [0.1, 0.15) is 76.8 Å². The van der Waals surface area contributed by atoms with Gasteiger partial charge in [-0.3, -0.25) is 4.90 Å². The van der Waals surface area contributed by atoms with E-state index in [4.69, 9.17) is 4.98 Å². The first-order chi connectivity index (χ1) is 14.7. The monoisotopic (exact) mass is 408 g/mol. The van der Waals surface area contributed by atoms with Gasteiger partial charge < -0.3 is 9.47 Å². The highest BCUT2D eigenvalue weighted by Gasteiger charge is 2.30. The van der Waals surface area contributed by atoms with Crippen molar-refractivity contribution in [2.75, 3.05) is 26.2 Å². The predicted molar refractivity (Wildman–Crippen MR) is 125 cm³/mol. The van der Waals surface area contributed by atoms with Crippen LogP contribution in [0.4, 0.5) is 0 Å². The van der Waals surface area contributed by atoms with Crippen molar-refractivity contribution in [2.24, 2.45) is 11.8 Å². The molecule has 30 heavy (non-hydrogen) atoms. The Kier molecular flexibility index (Phi) is 6.15. The highest BCUT2D eigenvalue weighted by molar-refractivity contribution is 5.80. The second-order valence-corrected chi connectivity index (χ2v) is 10.5. The van der Waals surface area contributed by atoms with Crippen LogP contribution in [-0.2, 0) is 6.54 Å². The average molecular weight is 409 g/mol. The minimum absolute atomic E-state index is 0.611. The molecule has 4 nitrogen and oxygen atoms in total. The van der Waals surface area contributed by atoms with Crippen LogP contribution in [0.25, 0.3) is 11.0 Å². The molecular weight excluding hydrogens is 368 g/mol. The van der Waals surface area contributed by atoms with Gasteiger partial charge in [-0.2, -0.15) is 0 Å². The highest BCUT2D eigenvalue weighted by Crippen LogP contribution is 2.35. The number of aromatic nitrogens is 2. The maximum Gasteiger partial charge on any atom is 0.140 e. The third-order valence-corrected chi connectivity index (χ3v) is 8.39. The van der Waals surface area contributed by atoms with Crippen molar-refractivity contribution in [2.45, 2.75) is 83.8 Å². The fraction of sp³-hybridized carbons (Fsp3) is 0.731. The molecule has 5 rings (SSSR count). The molecule has 1 saturated carbocycles. The van der Waals surface area contributed by atoms with Crippen LogP contribution in [-0.4, -0.2) is 51.6 Å². The van der Waals surface area contributed by atoms with Crippen molar-refractivity contribution >= 4 is 11.0 Å². The maximum atomic E-state index is 4.82. The number of nitrogens with zero attached hydrogens (tertiary/aromatic N) is 4. The van der Waals surface area contributed by atoms with Crippen molar-refractivity contribution in [3.05, 3.63) is 30.1 Å². The molecule has 0 amide bonds. The number of piperidine rings is 1. The smallest absolute Gasteiger partial charge is 0.140 e. The summed E-state index contributed by atoms with van der Waals surface area (Å²) in [4.78, 5) is 10.2. The van der Waals surface area contributed by atoms with Gasteiger partial charge in [0.05, 0.1) is 0 Å². The molecule has 2 aromatic heterocycles. The first-order valence-electron chi connectivity index (χ1n) is 12.6. The van der Waals surface area contributed by atoms with Crippen LogP contribution in [0.15, 0.2) is 24.5 Å². The number of pyridine rings is 1. The van der Waals surface area contributed by atoms with E-state index >= 15 is 0 Å². The molecule has 4 heterocycles.